The highest BCUT2D eigenvalue weighted by Crippen LogP contribution is 2.34. The number of hydrogen-bond donors (Lipinski definition) is 0. The molecule has 5 heteroatoms. The third kappa shape index (κ3) is 3.10. The van der Waals surface area contributed by atoms with E-state index in [9.17, 15) is 4.79 Å². The molecule has 0 heterocycles. The van der Waals surface area contributed by atoms with E-state index >= 15 is 0 Å². The zero-order valence-electron chi connectivity index (χ0n) is 10.4. The van der Waals surface area contributed by atoms with Crippen molar-refractivity contribution in [2.24, 2.45) is 0 Å². The number of benzene rings is 1. The van der Waals surface area contributed by atoms with Gasteiger partial charge in [-0.3, -0.25) is 4.79 Å². The third-order valence-electron chi connectivity index (χ3n) is 2.20. The Morgan fingerprint density at radius 2 is 1.65 bits per heavy atom. The van der Waals surface area contributed by atoms with Crippen LogP contribution in [0.15, 0.2) is 12.1 Å². The van der Waals surface area contributed by atoms with Crippen molar-refractivity contribution in [3.05, 3.63) is 17.7 Å². The Bertz CT molecular complexity index is 400. The molecule has 94 valence electrons. The van der Waals surface area contributed by atoms with E-state index in [1.807, 2.05) is 0 Å². The van der Waals surface area contributed by atoms with E-state index in [2.05, 4.69) is 0 Å². The number of ketones is 1. The van der Waals surface area contributed by atoms with Gasteiger partial charge in [0.2, 0.25) is 0 Å². The minimum Gasteiger partial charge on any atom is -0.493 e. The fraction of sp³-hybridized carbons (Fsp3) is 0.417. The summed E-state index contributed by atoms with van der Waals surface area (Å²) in [6, 6.07) is 3.20. The van der Waals surface area contributed by atoms with Crippen molar-refractivity contribution in [2.75, 3.05) is 28.1 Å². The van der Waals surface area contributed by atoms with Crippen LogP contribution >= 0.6 is 0 Å². The molecule has 0 amide bonds. The molecule has 5 nitrogen and oxygen atoms in total. The Morgan fingerprint density at radius 3 is 2.12 bits per heavy atom. The van der Waals surface area contributed by atoms with Crippen molar-refractivity contribution >= 4 is 5.78 Å². The summed E-state index contributed by atoms with van der Waals surface area (Å²) < 4.78 is 20.4. The maximum absolute atomic E-state index is 11.5. The molecule has 0 N–H and O–H groups in total. The summed E-state index contributed by atoms with van der Waals surface area (Å²) in [5.41, 5.74) is 0.430. The van der Waals surface area contributed by atoms with Gasteiger partial charge in [-0.05, 0) is 13.0 Å². The van der Waals surface area contributed by atoms with Crippen LogP contribution < -0.4 is 14.2 Å². The van der Waals surface area contributed by atoms with Crippen molar-refractivity contribution in [3.63, 3.8) is 0 Å². The highest BCUT2D eigenvalue weighted by molar-refractivity contribution is 5.97. The van der Waals surface area contributed by atoms with Crippen molar-refractivity contribution in [1.82, 2.24) is 0 Å². The monoisotopic (exact) mass is 240 g/mol. The Balaban J connectivity index is 3.19. The lowest BCUT2D eigenvalue weighted by molar-refractivity contribution is 0.0501. The van der Waals surface area contributed by atoms with Gasteiger partial charge in [-0.25, -0.2) is 0 Å². The van der Waals surface area contributed by atoms with Gasteiger partial charge in [-0.15, -0.1) is 0 Å². The molecular formula is C12H16O5. The molecule has 1 aromatic rings. The number of ether oxygens (including phenoxy) is 4. The van der Waals surface area contributed by atoms with Gasteiger partial charge in [0.1, 0.15) is 5.75 Å². The van der Waals surface area contributed by atoms with E-state index in [0.29, 0.717) is 22.8 Å². The molecule has 0 saturated heterocycles. The SMILES string of the molecule is COCOc1cc(OC)c(OC)cc1C(C)=O. The zero-order valence-corrected chi connectivity index (χ0v) is 10.4. The van der Waals surface area contributed by atoms with E-state index in [0.717, 1.165) is 0 Å². The standard InChI is InChI=1S/C12H16O5/c1-8(13)9-5-11(15-3)12(16-4)6-10(9)17-7-14-2/h5-6H,7H2,1-4H3. The molecule has 0 saturated carbocycles. The lowest BCUT2D eigenvalue weighted by atomic mass is 10.1. The number of carbonyl (C=O) groups excluding carboxylic acids is 1. The smallest absolute Gasteiger partial charge is 0.188 e. The van der Waals surface area contributed by atoms with Crippen LogP contribution in [0, 0.1) is 0 Å². The zero-order chi connectivity index (χ0) is 12.8. The Kier molecular flexibility index (Phi) is 4.78. The fourth-order valence-electron chi connectivity index (χ4n) is 1.38. The second-order valence-corrected chi connectivity index (χ2v) is 3.31. The van der Waals surface area contributed by atoms with Crippen LogP contribution in [0.4, 0.5) is 0 Å². The maximum Gasteiger partial charge on any atom is 0.188 e. The largest absolute Gasteiger partial charge is 0.493 e. The van der Waals surface area contributed by atoms with Gasteiger partial charge < -0.3 is 18.9 Å². The first-order valence-corrected chi connectivity index (χ1v) is 5.02. The van der Waals surface area contributed by atoms with Crippen molar-refractivity contribution in [3.8, 4) is 17.2 Å². The van der Waals surface area contributed by atoms with Crippen LogP contribution in [0.3, 0.4) is 0 Å². The molecule has 0 fully saturated rings. The molecule has 0 radical (unpaired) electrons. The summed E-state index contributed by atoms with van der Waals surface area (Å²) in [6.07, 6.45) is 0. The van der Waals surface area contributed by atoms with Gasteiger partial charge in [0.15, 0.2) is 24.1 Å². The van der Waals surface area contributed by atoms with Crippen LogP contribution in [0.2, 0.25) is 0 Å². The van der Waals surface area contributed by atoms with Crippen LogP contribution in [0.5, 0.6) is 17.2 Å². The minimum atomic E-state index is -0.114. The number of methoxy groups -OCH3 is 3. The van der Waals surface area contributed by atoms with Gasteiger partial charge in [-0.1, -0.05) is 0 Å². The van der Waals surface area contributed by atoms with E-state index in [-0.39, 0.29) is 12.6 Å². The van der Waals surface area contributed by atoms with Crippen LogP contribution in [-0.4, -0.2) is 33.9 Å². The molecule has 0 aliphatic rings. The average molecular weight is 240 g/mol. The molecule has 0 atom stereocenters. The fourth-order valence-corrected chi connectivity index (χ4v) is 1.38. The number of rotatable bonds is 6. The predicted octanol–water partition coefficient (Wildman–Crippen LogP) is 1.89. The highest BCUT2D eigenvalue weighted by atomic mass is 16.7. The molecule has 0 aliphatic heterocycles. The van der Waals surface area contributed by atoms with Gasteiger partial charge in [-0.2, -0.15) is 0 Å². The number of hydrogen-bond acceptors (Lipinski definition) is 5. The van der Waals surface area contributed by atoms with Gasteiger partial charge in [0.05, 0.1) is 19.8 Å². The number of Topliss-reactive ketones (excluding diaryl/α,β-unsaturated/α-hetero) is 1. The van der Waals surface area contributed by atoms with Crippen molar-refractivity contribution in [1.29, 1.82) is 0 Å². The topological polar surface area (TPSA) is 54.0 Å². The molecule has 0 unspecified atom stereocenters. The molecule has 1 rings (SSSR count). The molecule has 0 aliphatic carbocycles. The van der Waals surface area contributed by atoms with Gasteiger partial charge >= 0.3 is 0 Å². The van der Waals surface area contributed by atoms with E-state index in [1.165, 1.54) is 28.3 Å². The summed E-state index contributed by atoms with van der Waals surface area (Å²) in [6.45, 7) is 1.52. The van der Waals surface area contributed by atoms with E-state index < -0.39 is 0 Å². The van der Waals surface area contributed by atoms with E-state index in [4.69, 9.17) is 18.9 Å². The summed E-state index contributed by atoms with van der Waals surface area (Å²) in [7, 11) is 4.54. The molecule has 1 aromatic carbocycles. The first kappa shape index (κ1) is 13.3. The molecular weight excluding hydrogens is 224 g/mol. The molecule has 0 spiro atoms. The minimum absolute atomic E-state index is 0.0652. The Labute approximate surface area is 100 Å². The summed E-state index contributed by atoms with van der Waals surface area (Å²) in [5.74, 6) is 1.29. The van der Waals surface area contributed by atoms with Crippen LogP contribution in [0.1, 0.15) is 17.3 Å². The first-order chi connectivity index (χ1) is 8.13. The normalized spacial score (nSPS) is 9.88. The second-order valence-electron chi connectivity index (χ2n) is 3.31. The molecule has 17 heavy (non-hydrogen) atoms. The summed E-state index contributed by atoms with van der Waals surface area (Å²) in [4.78, 5) is 11.5. The summed E-state index contributed by atoms with van der Waals surface area (Å²) in [5, 5.41) is 0. The van der Waals surface area contributed by atoms with Gasteiger partial charge in [0, 0.05) is 13.2 Å². The van der Waals surface area contributed by atoms with Crippen molar-refractivity contribution in [2.45, 2.75) is 6.92 Å². The van der Waals surface area contributed by atoms with Crippen LogP contribution in [-0.2, 0) is 4.74 Å². The van der Waals surface area contributed by atoms with Crippen LogP contribution in [0.25, 0.3) is 0 Å². The highest BCUT2D eigenvalue weighted by Gasteiger charge is 2.15. The van der Waals surface area contributed by atoms with Crippen molar-refractivity contribution < 1.29 is 23.7 Å². The average Bonchev–Trinajstić information content (AvgIpc) is 2.34. The summed E-state index contributed by atoms with van der Waals surface area (Å²) >= 11 is 0. The first-order valence-electron chi connectivity index (χ1n) is 5.02. The number of carbonyl (C=O) groups is 1. The Hall–Kier alpha value is -1.75. The quantitative estimate of drug-likeness (QED) is 0.561. The Morgan fingerprint density at radius 1 is 1.06 bits per heavy atom. The molecule has 0 aromatic heterocycles. The predicted molar refractivity (Wildman–Crippen MR) is 62.1 cm³/mol. The van der Waals surface area contributed by atoms with E-state index in [1.54, 1.807) is 12.1 Å². The lowest BCUT2D eigenvalue weighted by Crippen LogP contribution is -2.05. The molecule has 0 bridgehead atoms. The third-order valence-corrected chi connectivity index (χ3v) is 2.20. The second kappa shape index (κ2) is 6.10. The van der Waals surface area contributed by atoms with Gasteiger partial charge in [0.25, 0.3) is 0 Å². The maximum atomic E-state index is 11.5. The lowest BCUT2D eigenvalue weighted by Gasteiger charge is -2.13.